The van der Waals surface area contributed by atoms with Crippen molar-refractivity contribution in [3.63, 3.8) is 0 Å². The van der Waals surface area contributed by atoms with Gasteiger partial charge in [0.05, 0.1) is 0 Å². The van der Waals surface area contributed by atoms with Gasteiger partial charge in [0.25, 0.3) is 0 Å². The zero-order valence-corrected chi connectivity index (χ0v) is 13.1. The molecule has 0 heterocycles. The molecule has 2 nitrogen and oxygen atoms in total. The Kier molecular flexibility index (Phi) is 10.4. The van der Waals surface area contributed by atoms with Gasteiger partial charge in [0.1, 0.15) is 10.5 Å². The maximum Gasteiger partial charge on any atom is 0.145 e. The monoisotopic (exact) mass is 239 g/mol. The van der Waals surface area contributed by atoms with Crippen molar-refractivity contribution >= 4 is 10.5 Å². The molecule has 1 aromatic carbocycles. The molecule has 1 aromatic rings. The molecule has 0 N–H and O–H groups in total. The van der Waals surface area contributed by atoms with Gasteiger partial charge in [-0.05, 0) is 25.6 Å². The predicted molar refractivity (Wildman–Crippen MR) is 74.6 cm³/mol. The molecule has 0 saturated carbocycles. The first kappa shape index (κ1) is 15.4. The Hall–Kier alpha value is -0.643. The molecule has 0 fully saturated rings. The Morgan fingerprint density at radius 3 is 1.94 bits per heavy atom. The van der Waals surface area contributed by atoms with Crippen LogP contribution in [0.5, 0.6) is 0 Å². The quantitative estimate of drug-likeness (QED) is 0.727. The highest BCUT2D eigenvalue weighted by Crippen LogP contribution is 2.02. The predicted octanol–water partition coefficient (Wildman–Crippen LogP) is 1.83. The van der Waals surface area contributed by atoms with Crippen LogP contribution in [0, 0.1) is 0 Å². The Bertz CT molecular complexity index is 235. The molecule has 0 amide bonds. The summed E-state index contributed by atoms with van der Waals surface area (Å²) in [5, 5.41) is 0. The fourth-order valence-electron chi connectivity index (χ4n) is 1.29. The van der Waals surface area contributed by atoms with Gasteiger partial charge in [0.2, 0.25) is 0 Å². The summed E-state index contributed by atoms with van der Waals surface area (Å²) in [5.74, 6) is 0. The van der Waals surface area contributed by atoms with Crippen LogP contribution in [0.4, 0.5) is 0 Å². The summed E-state index contributed by atoms with van der Waals surface area (Å²) in [6.45, 7) is 10.6. The van der Waals surface area contributed by atoms with E-state index in [9.17, 15) is 0 Å². The van der Waals surface area contributed by atoms with Gasteiger partial charge in [-0.1, -0.05) is 44.2 Å². The second kappa shape index (κ2) is 10.9. The second-order valence-corrected chi connectivity index (χ2v) is 4.10. The van der Waals surface area contributed by atoms with E-state index in [-0.39, 0.29) is 0 Å². The minimum absolute atomic E-state index is 0.881. The Labute approximate surface area is 103 Å². The van der Waals surface area contributed by atoms with Crippen molar-refractivity contribution in [3.8, 4) is 0 Å². The first-order chi connectivity index (χ1) is 7.78. The third-order valence-electron chi connectivity index (χ3n) is 2.43. The number of benzene rings is 1. The van der Waals surface area contributed by atoms with Gasteiger partial charge in [0.15, 0.2) is 0 Å². The van der Waals surface area contributed by atoms with Crippen molar-refractivity contribution in [2.45, 2.75) is 27.3 Å². The van der Waals surface area contributed by atoms with Crippen LogP contribution in [0.3, 0.4) is 0 Å². The van der Waals surface area contributed by atoms with E-state index in [2.05, 4.69) is 53.5 Å². The number of hydrogen-bond acceptors (Lipinski definition) is 2. The highest BCUT2D eigenvalue weighted by atomic mass is 28.2. The number of nitrogens with zero attached hydrogens (tertiary/aromatic N) is 1. The molecular formula is C13H25NOSi. The van der Waals surface area contributed by atoms with Crippen molar-refractivity contribution in [1.82, 2.24) is 4.90 Å². The minimum Gasteiger partial charge on any atom is -0.428 e. The van der Waals surface area contributed by atoms with Crippen molar-refractivity contribution in [1.29, 1.82) is 0 Å². The number of hydrogen-bond donors (Lipinski definition) is 0. The van der Waals surface area contributed by atoms with Gasteiger partial charge in [-0.15, -0.1) is 0 Å². The fraction of sp³-hybridized carbons (Fsp3) is 0.538. The molecule has 92 valence electrons. The molecule has 3 heteroatoms. The van der Waals surface area contributed by atoms with Crippen LogP contribution in [-0.4, -0.2) is 35.1 Å². The largest absolute Gasteiger partial charge is 0.428 e. The molecule has 16 heavy (non-hydrogen) atoms. The van der Waals surface area contributed by atoms with Crippen LogP contribution in [0.2, 0.25) is 0 Å². The third-order valence-corrected chi connectivity index (χ3v) is 3.01. The van der Waals surface area contributed by atoms with Gasteiger partial charge >= 0.3 is 0 Å². The van der Waals surface area contributed by atoms with Gasteiger partial charge < -0.3 is 4.43 Å². The highest BCUT2D eigenvalue weighted by Gasteiger charge is 1.98. The topological polar surface area (TPSA) is 12.5 Å². The van der Waals surface area contributed by atoms with Gasteiger partial charge in [-0.25, -0.2) is 0 Å². The summed E-state index contributed by atoms with van der Waals surface area (Å²) in [7, 11) is 0.890. The second-order valence-electron chi connectivity index (χ2n) is 3.52. The van der Waals surface area contributed by atoms with Crippen molar-refractivity contribution < 1.29 is 4.43 Å². The third kappa shape index (κ3) is 7.62. The molecule has 0 bridgehead atoms. The Balaban J connectivity index is 0.000000487. The maximum atomic E-state index is 4.68. The molecule has 0 unspecified atom stereocenters. The number of rotatable bonds is 5. The summed E-state index contributed by atoms with van der Waals surface area (Å²) < 4.78 is 4.68. The standard InChI is InChI=1S/C11H17N.C2H8OSi/c1-3-12(4-2)10-11-8-6-5-7-9-11;1-2-3-4/h5-9H,3-4,10H2,1-2H3;2H2,1,4H3. The fourth-order valence-corrected chi connectivity index (χ4v) is 1.29. The van der Waals surface area contributed by atoms with E-state index in [4.69, 9.17) is 0 Å². The summed E-state index contributed by atoms with van der Waals surface area (Å²) in [5.41, 5.74) is 1.40. The summed E-state index contributed by atoms with van der Waals surface area (Å²) >= 11 is 0. The van der Waals surface area contributed by atoms with Gasteiger partial charge in [0, 0.05) is 13.2 Å². The van der Waals surface area contributed by atoms with E-state index in [0.29, 0.717) is 0 Å². The summed E-state index contributed by atoms with van der Waals surface area (Å²) in [4.78, 5) is 2.41. The van der Waals surface area contributed by atoms with Crippen molar-refractivity contribution in [2.24, 2.45) is 0 Å². The average Bonchev–Trinajstić information content (AvgIpc) is 2.37. The van der Waals surface area contributed by atoms with Crippen molar-refractivity contribution in [3.05, 3.63) is 35.9 Å². The van der Waals surface area contributed by atoms with E-state index in [1.165, 1.54) is 5.56 Å². The lowest BCUT2D eigenvalue weighted by molar-refractivity contribution is 0.296. The van der Waals surface area contributed by atoms with Crippen LogP contribution in [-0.2, 0) is 11.0 Å². The lowest BCUT2D eigenvalue weighted by Gasteiger charge is -2.17. The molecule has 0 aliphatic heterocycles. The molecule has 0 aromatic heterocycles. The van der Waals surface area contributed by atoms with E-state index < -0.39 is 0 Å². The molecule has 0 aliphatic rings. The lowest BCUT2D eigenvalue weighted by Crippen LogP contribution is -2.21. The van der Waals surface area contributed by atoms with E-state index in [1.54, 1.807) is 0 Å². The molecule has 0 saturated heterocycles. The summed E-state index contributed by atoms with van der Waals surface area (Å²) in [6, 6.07) is 10.6. The molecule has 0 radical (unpaired) electrons. The average molecular weight is 239 g/mol. The maximum absolute atomic E-state index is 4.68. The smallest absolute Gasteiger partial charge is 0.145 e. The zero-order chi connectivity index (χ0) is 12.2. The van der Waals surface area contributed by atoms with Crippen LogP contribution in [0.15, 0.2) is 30.3 Å². The summed E-state index contributed by atoms with van der Waals surface area (Å²) in [6.07, 6.45) is 0. The molecule has 0 spiro atoms. The van der Waals surface area contributed by atoms with E-state index in [0.717, 1.165) is 36.7 Å². The Morgan fingerprint density at radius 2 is 1.56 bits per heavy atom. The normalized spacial score (nSPS) is 10.0. The highest BCUT2D eigenvalue weighted by molar-refractivity contribution is 5.97. The first-order valence-electron chi connectivity index (χ1n) is 6.03. The zero-order valence-electron chi connectivity index (χ0n) is 11.1. The molecular weight excluding hydrogens is 214 g/mol. The van der Waals surface area contributed by atoms with Crippen molar-refractivity contribution in [2.75, 3.05) is 19.7 Å². The van der Waals surface area contributed by atoms with Gasteiger partial charge in [-0.3, -0.25) is 4.90 Å². The van der Waals surface area contributed by atoms with E-state index in [1.807, 2.05) is 6.92 Å². The SMILES string of the molecule is CCN(CC)Cc1ccccc1.CCO[SiH3]. The first-order valence-corrected chi connectivity index (χ1v) is 6.85. The van der Waals surface area contributed by atoms with Gasteiger partial charge in [-0.2, -0.15) is 0 Å². The molecule has 1 rings (SSSR count). The van der Waals surface area contributed by atoms with E-state index >= 15 is 0 Å². The van der Waals surface area contributed by atoms with Crippen LogP contribution >= 0.6 is 0 Å². The lowest BCUT2D eigenvalue weighted by atomic mass is 10.2. The molecule has 0 aliphatic carbocycles. The van der Waals surface area contributed by atoms with Crippen LogP contribution < -0.4 is 0 Å². The minimum atomic E-state index is 0.881. The molecule has 0 atom stereocenters. The van der Waals surface area contributed by atoms with Crippen LogP contribution in [0.25, 0.3) is 0 Å². The van der Waals surface area contributed by atoms with Crippen LogP contribution in [0.1, 0.15) is 26.3 Å². The Morgan fingerprint density at radius 1 is 1.06 bits per heavy atom.